The van der Waals surface area contributed by atoms with E-state index < -0.39 is 0 Å². The number of nitrogens with zero attached hydrogens (tertiary/aromatic N) is 3. The zero-order chi connectivity index (χ0) is 9.56. The molecule has 0 atom stereocenters. The van der Waals surface area contributed by atoms with Crippen LogP contribution in [-0.2, 0) is 6.42 Å². The van der Waals surface area contributed by atoms with E-state index in [1.165, 1.54) is 0 Å². The van der Waals surface area contributed by atoms with Gasteiger partial charge in [0.15, 0.2) is 0 Å². The lowest BCUT2D eigenvalue weighted by Crippen LogP contribution is -2.06. The smallest absolute Gasteiger partial charge is 0.138 e. The van der Waals surface area contributed by atoms with Crippen molar-refractivity contribution in [3.05, 3.63) is 12.2 Å². The Morgan fingerprint density at radius 3 is 2.33 bits per heavy atom. The first-order valence-electron chi connectivity index (χ1n) is 4.64. The van der Waals surface area contributed by atoms with Gasteiger partial charge in [-0.15, -0.1) is 0 Å². The largest absolute Gasteiger partial charge is 0.248 e. The lowest BCUT2D eigenvalue weighted by Gasteiger charge is -2.06. The van der Waals surface area contributed by atoms with Gasteiger partial charge in [0, 0.05) is 12.5 Å². The van der Waals surface area contributed by atoms with Gasteiger partial charge in [-0.25, -0.2) is 9.67 Å². The Bertz CT molecular complexity index is 203. The highest BCUT2D eigenvalue weighted by atomic mass is 15.3. The van der Waals surface area contributed by atoms with Crippen LogP contribution in [0.25, 0.3) is 0 Å². The van der Waals surface area contributed by atoms with Crippen LogP contribution in [0.1, 0.15) is 46.5 Å². The van der Waals surface area contributed by atoms with Crippen LogP contribution in [0.4, 0.5) is 0 Å². The summed E-state index contributed by atoms with van der Waals surface area (Å²) in [4.78, 5) is 4.11. The molecule has 0 bridgehead atoms. The van der Waals surface area contributed by atoms with Crippen molar-refractivity contribution in [2.75, 3.05) is 0 Å². The van der Waals surface area contributed by atoms with Crippen molar-refractivity contribution >= 4 is 0 Å². The van der Waals surface area contributed by atoms with E-state index >= 15 is 0 Å². The average Bonchev–Trinajstić information content (AvgIpc) is 2.55. The molecule has 70 valence electrons. The van der Waals surface area contributed by atoms with Crippen LogP contribution in [0.5, 0.6) is 0 Å². The molecule has 1 aromatic rings. The second-order valence-electron chi connectivity index (χ2n) is 2.57. The second kappa shape index (κ2) is 5.75. The summed E-state index contributed by atoms with van der Waals surface area (Å²) in [5.41, 5.74) is 0. The first-order valence-corrected chi connectivity index (χ1v) is 4.64. The quantitative estimate of drug-likeness (QED) is 0.680. The van der Waals surface area contributed by atoms with Crippen LogP contribution in [0, 0.1) is 0 Å². The summed E-state index contributed by atoms with van der Waals surface area (Å²) in [6, 6.07) is 0.428. The maximum atomic E-state index is 4.11. The molecule has 0 aliphatic carbocycles. The normalized spacial score (nSPS) is 9.50. The molecule has 0 radical (unpaired) electrons. The summed E-state index contributed by atoms with van der Waals surface area (Å²) in [6.45, 7) is 10.3. The minimum atomic E-state index is 0.428. The molecule has 0 aliphatic rings. The second-order valence-corrected chi connectivity index (χ2v) is 2.57. The molecule has 0 amide bonds. The average molecular weight is 169 g/mol. The molecular formula is C9H19N3. The molecule has 0 aliphatic heterocycles. The third-order valence-corrected chi connectivity index (χ3v) is 1.45. The van der Waals surface area contributed by atoms with Crippen molar-refractivity contribution in [3.63, 3.8) is 0 Å². The Morgan fingerprint density at radius 1 is 1.42 bits per heavy atom. The van der Waals surface area contributed by atoms with Crippen LogP contribution < -0.4 is 0 Å². The summed E-state index contributed by atoms with van der Waals surface area (Å²) in [5, 5.41) is 4.09. The summed E-state index contributed by atoms with van der Waals surface area (Å²) in [5.74, 6) is 1.06. The Balaban J connectivity index is 0.000000561. The van der Waals surface area contributed by atoms with E-state index in [2.05, 4.69) is 30.9 Å². The topological polar surface area (TPSA) is 30.7 Å². The van der Waals surface area contributed by atoms with Gasteiger partial charge in [0.05, 0.1) is 0 Å². The first kappa shape index (κ1) is 11.1. The van der Waals surface area contributed by atoms with Crippen LogP contribution >= 0.6 is 0 Å². The van der Waals surface area contributed by atoms with Crippen LogP contribution in [0.2, 0.25) is 0 Å². The molecule has 0 unspecified atom stereocenters. The van der Waals surface area contributed by atoms with Crippen LogP contribution in [-0.4, -0.2) is 14.8 Å². The highest BCUT2D eigenvalue weighted by Crippen LogP contribution is 2.04. The molecule has 3 heteroatoms. The number of rotatable bonds is 2. The molecule has 12 heavy (non-hydrogen) atoms. The monoisotopic (exact) mass is 169 g/mol. The highest BCUT2D eigenvalue weighted by molar-refractivity contribution is 4.84. The maximum absolute atomic E-state index is 4.11. The fraction of sp³-hybridized carbons (Fsp3) is 0.778. The van der Waals surface area contributed by atoms with Crippen molar-refractivity contribution in [2.24, 2.45) is 0 Å². The van der Waals surface area contributed by atoms with E-state index in [0.717, 1.165) is 12.2 Å². The Hall–Kier alpha value is -0.860. The Morgan fingerprint density at radius 2 is 2.00 bits per heavy atom. The van der Waals surface area contributed by atoms with Crippen molar-refractivity contribution < 1.29 is 0 Å². The van der Waals surface area contributed by atoms with Gasteiger partial charge in [0.25, 0.3) is 0 Å². The lowest BCUT2D eigenvalue weighted by atomic mass is 10.4. The number of hydrogen-bond acceptors (Lipinski definition) is 2. The molecular weight excluding hydrogens is 150 g/mol. The minimum Gasteiger partial charge on any atom is -0.248 e. The molecule has 0 fully saturated rings. The number of aryl methyl sites for hydroxylation is 1. The molecule has 1 aromatic heterocycles. The van der Waals surface area contributed by atoms with Crippen molar-refractivity contribution in [2.45, 2.75) is 47.1 Å². The molecule has 0 saturated carbocycles. The van der Waals surface area contributed by atoms with Gasteiger partial charge in [-0.2, -0.15) is 5.10 Å². The predicted molar refractivity (Wildman–Crippen MR) is 51.1 cm³/mol. The standard InChI is InChI=1S/C7H13N3.C2H6/c1-4-7-8-5-9-10(7)6(2)3;1-2/h5-6H,4H2,1-3H3;1-2H3. The van der Waals surface area contributed by atoms with Crippen molar-refractivity contribution in [1.29, 1.82) is 0 Å². The summed E-state index contributed by atoms with van der Waals surface area (Å²) < 4.78 is 1.94. The first-order chi connectivity index (χ1) is 5.75. The van der Waals surface area contributed by atoms with E-state index in [9.17, 15) is 0 Å². The van der Waals surface area contributed by atoms with Gasteiger partial charge in [0.1, 0.15) is 12.2 Å². The summed E-state index contributed by atoms with van der Waals surface area (Å²) >= 11 is 0. The SMILES string of the molecule is CC.CCc1ncnn1C(C)C. The van der Waals surface area contributed by atoms with E-state index in [-0.39, 0.29) is 0 Å². The van der Waals surface area contributed by atoms with Crippen LogP contribution in [0.15, 0.2) is 6.33 Å². The van der Waals surface area contributed by atoms with Gasteiger partial charge >= 0.3 is 0 Å². The van der Waals surface area contributed by atoms with Gasteiger partial charge < -0.3 is 0 Å². The highest BCUT2D eigenvalue weighted by Gasteiger charge is 2.03. The van der Waals surface area contributed by atoms with Gasteiger partial charge in [-0.05, 0) is 13.8 Å². The zero-order valence-corrected chi connectivity index (χ0v) is 8.70. The van der Waals surface area contributed by atoms with Gasteiger partial charge in [-0.3, -0.25) is 0 Å². The Labute approximate surface area is 74.8 Å². The van der Waals surface area contributed by atoms with E-state index in [1.807, 2.05) is 18.5 Å². The summed E-state index contributed by atoms with van der Waals surface area (Å²) in [6.07, 6.45) is 2.57. The third-order valence-electron chi connectivity index (χ3n) is 1.45. The lowest BCUT2D eigenvalue weighted by molar-refractivity contribution is 0.508. The van der Waals surface area contributed by atoms with E-state index in [0.29, 0.717) is 6.04 Å². The maximum Gasteiger partial charge on any atom is 0.138 e. The molecule has 0 spiro atoms. The predicted octanol–water partition coefficient (Wildman–Crippen LogP) is 2.45. The molecule has 0 aromatic carbocycles. The van der Waals surface area contributed by atoms with E-state index in [4.69, 9.17) is 0 Å². The molecule has 3 nitrogen and oxygen atoms in total. The molecule has 0 N–H and O–H groups in total. The van der Waals surface area contributed by atoms with Crippen molar-refractivity contribution in [3.8, 4) is 0 Å². The molecule has 0 saturated heterocycles. The fourth-order valence-corrected chi connectivity index (χ4v) is 0.959. The molecule has 1 rings (SSSR count). The third kappa shape index (κ3) is 2.64. The molecule has 1 heterocycles. The van der Waals surface area contributed by atoms with Crippen molar-refractivity contribution in [1.82, 2.24) is 14.8 Å². The number of hydrogen-bond donors (Lipinski definition) is 0. The van der Waals surface area contributed by atoms with Crippen LogP contribution in [0.3, 0.4) is 0 Å². The fourth-order valence-electron chi connectivity index (χ4n) is 0.959. The zero-order valence-electron chi connectivity index (χ0n) is 8.70. The van der Waals surface area contributed by atoms with E-state index in [1.54, 1.807) is 6.33 Å². The van der Waals surface area contributed by atoms with Gasteiger partial charge in [0.2, 0.25) is 0 Å². The summed E-state index contributed by atoms with van der Waals surface area (Å²) in [7, 11) is 0. The number of aromatic nitrogens is 3. The Kier molecular flexibility index (Phi) is 5.34. The van der Waals surface area contributed by atoms with Gasteiger partial charge in [-0.1, -0.05) is 20.8 Å². The minimum absolute atomic E-state index is 0.428.